The molecule has 2 heterocycles. The second-order valence-corrected chi connectivity index (χ2v) is 4.84. The van der Waals surface area contributed by atoms with E-state index >= 15 is 0 Å². The largest absolute Gasteiger partial charge is 0.439 e. The van der Waals surface area contributed by atoms with Crippen molar-refractivity contribution in [2.45, 2.75) is 12.5 Å². The summed E-state index contributed by atoms with van der Waals surface area (Å²) in [7, 11) is 0. The minimum atomic E-state index is -2.88. The fraction of sp³-hybridized carbons (Fsp3) is 0.462. The minimum absolute atomic E-state index is 0.148. The Hall–Kier alpha value is -1.60. The molecule has 0 atom stereocenters. The van der Waals surface area contributed by atoms with Gasteiger partial charge in [-0.25, -0.2) is 18.2 Å². The van der Waals surface area contributed by atoms with Gasteiger partial charge in [0.2, 0.25) is 5.89 Å². The van der Waals surface area contributed by atoms with Crippen molar-refractivity contribution in [2.24, 2.45) is 0 Å². The summed E-state index contributed by atoms with van der Waals surface area (Å²) in [5, 5.41) is 0. The molecular weight excluding hydrogens is 273 g/mol. The van der Waals surface area contributed by atoms with Crippen LogP contribution in [0.1, 0.15) is 5.89 Å². The highest BCUT2D eigenvalue weighted by Gasteiger charge is 2.34. The fourth-order valence-corrected chi connectivity index (χ4v) is 2.21. The van der Waals surface area contributed by atoms with Gasteiger partial charge in [-0.15, -0.1) is 0 Å². The van der Waals surface area contributed by atoms with Gasteiger partial charge >= 0.3 is 0 Å². The van der Waals surface area contributed by atoms with Crippen molar-refractivity contribution in [1.29, 1.82) is 0 Å². The first-order valence-corrected chi connectivity index (χ1v) is 6.25. The molecule has 0 radical (unpaired) electrons. The number of hydrogen-bond acceptors (Lipinski definition) is 4. The molecule has 4 nitrogen and oxygen atoms in total. The Morgan fingerprint density at radius 2 is 2.20 bits per heavy atom. The lowest BCUT2D eigenvalue weighted by atomic mass is 10.3. The predicted octanol–water partition coefficient (Wildman–Crippen LogP) is 2.43. The van der Waals surface area contributed by atoms with E-state index in [1.807, 2.05) is 0 Å². The smallest absolute Gasteiger partial charge is 0.283 e. The Morgan fingerprint density at radius 1 is 1.35 bits per heavy atom. The van der Waals surface area contributed by atoms with Crippen molar-refractivity contribution >= 4 is 11.1 Å². The number of rotatable bonds is 2. The molecule has 1 aromatic carbocycles. The van der Waals surface area contributed by atoms with Gasteiger partial charge < -0.3 is 9.15 Å². The lowest BCUT2D eigenvalue weighted by Gasteiger charge is -2.21. The number of oxazole rings is 1. The number of alkyl halides is 2. The average Bonchev–Trinajstić information content (AvgIpc) is 2.66. The summed E-state index contributed by atoms with van der Waals surface area (Å²) in [6, 6.07) is 4.01. The topological polar surface area (TPSA) is 38.5 Å². The average molecular weight is 286 g/mol. The fourth-order valence-electron chi connectivity index (χ4n) is 2.21. The van der Waals surface area contributed by atoms with Gasteiger partial charge in [-0.3, -0.25) is 4.90 Å². The Kier molecular flexibility index (Phi) is 3.39. The van der Waals surface area contributed by atoms with Crippen molar-refractivity contribution in [3.63, 3.8) is 0 Å². The molecule has 108 valence electrons. The van der Waals surface area contributed by atoms with E-state index in [2.05, 4.69) is 4.98 Å². The zero-order valence-corrected chi connectivity index (χ0v) is 10.6. The number of hydrogen-bond donors (Lipinski definition) is 0. The van der Waals surface area contributed by atoms with E-state index in [1.54, 1.807) is 0 Å². The number of benzene rings is 1. The number of halogens is 3. The summed E-state index contributed by atoms with van der Waals surface area (Å²) in [5.41, 5.74) is 0.831. The molecule has 1 aromatic heterocycles. The van der Waals surface area contributed by atoms with Crippen LogP contribution in [0.5, 0.6) is 0 Å². The van der Waals surface area contributed by atoms with Crippen molar-refractivity contribution in [2.75, 3.05) is 26.3 Å². The van der Waals surface area contributed by atoms with Crippen LogP contribution in [0.3, 0.4) is 0 Å². The SMILES string of the molecule is Fc1ccc2nc(CN3CCOCC(F)(F)C3)oc2c1. The van der Waals surface area contributed by atoms with E-state index in [-0.39, 0.29) is 13.2 Å². The maximum Gasteiger partial charge on any atom is 0.283 e. The number of nitrogens with zero attached hydrogens (tertiary/aromatic N) is 2. The second kappa shape index (κ2) is 5.06. The van der Waals surface area contributed by atoms with Gasteiger partial charge in [0.1, 0.15) is 17.9 Å². The summed E-state index contributed by atoms with van der Waals surface area (Å²) in [4.78, 5) is 5.69. The molecule has 0 saturated carbocycles. The molecule has 0 aliphatic carbocycles. The monoisotopic (exact) mass is 286 g/mol. The lowest BCUT2D eigenvalue weighted by Crippen LogP contribution is -2.37. The van der Waals surface area contributed by atoms with E-state index in [0.717, 1.165) is 0 Å². The highest BCUT2D eigenvalue weighted by Crippen LogP contribution is 2.22. The molecule has 3 rings (SSSR count). The van der Waals surface area contributed by atoms with Crippen LogP contribution < -0.4 is 0 Å². The summed E-state index contributed by atoms with van der Waals surface area (Å²) in [6.45, 7) is -0.204. The highest BCUT2D eigenvalue weighted by atomic mass is 19.3. The lowest BCUT2D eigenvalue weighted by molar-refractivity contribution is -0.0693. The third kappa shape index (κ3) is 2.94. The molecule has 20 heavy (non-hydrogen) atoms. The van der Waals surface area contributed by atoms with Gasteiger partial charge in [0, 0.05) is 12.6 Å². The summed E-state index contributed by atoms with van der Waals surface area (Å²) in [6.07, 6.45) is 0. The number of fused-ring (bicyclic) bond motifs is 1. The van der Waals surface area contributed by atoms with Gasteiger partial charge in [-0.1, -0.05) is 0 Å². The Bertz CT molecular complexity index is 615. The van der Waals surface area contributed by atoms with Crippen LogP contribution in [-0.4, -0.2) is 42.1 Å². The molecule has 1 aliphatic rings. The van der Waals surface area contributed by atoms with E-state index in [9.17, 15) is 13.2 Å². The van der Waals surface area contributed by atoms with Crippen LogP contribution in [0.2, 0.25) is 0 Å². The van der Waals surface area contributed by atoms with Crippen molar-refractivity contribution in [3.8, 4) is 0 Å². The van der Waals surface area contributed by atoms with Crippen LogP contribution in [0.4, 0.5) is 13.2 Å². The molecule has 1 aliphatic heterocycles. The molecule has 2 aromatic rings. The maximum absolute atomic E-state index is 13.4. The first-order chi connectivity index (χ1) is 9.52. The van der Waals surface area contributed by atoms with E-state index in [1.165, 1.54) is 23.1 Å². The van der Waals surface area contributed by atoms with Crippen LogP contribution in [0.25, 0.3) is 11.1 Å². The molecule has 7 heteroatoms. The molecule has 0 N–H and O–H groups in total. The van der Waals surface area contributed by atoms with Gasteiger partial charge in [0.25, 0.3) is 5.92 Å². The molecule has 0 bridgehead atoms. The Morgan fingerprint density at radius 3 is 3.05 bits per heavy atom. The van der Waals surface area contributed by atoms with Crippen LogP contribution in [-0.2, 0) is 11.3 Å². The maximum atomic E-state index is 13.4. The zero-order chi connectivity index (χ0) is 14.2. The van der Waals surface area contributed by atoms with Crippen LogP contribution >= 0.6 is 0 Å². The summed E-state index contributed by atoms with van der Waals surface area (Å²) in [5.74, 6) is -3.01. The number of ether oxygens (including phenoxy) is 1. The Labute approximate surface area is 113 Å². The van der Waals surface area contributed by atoms with Gasteiger partial charge in [-0.05, 0) is 12.1 Å². The third-order valence-corrected chi connectivity index (χ3v) is 3.07. The third-order valence-electron chi connectivity index (χ3n) is 3.07. The summed E-state index contributed by atoms with van der Waals surface area (Å²) < 4.78 is 50.1. The van der Waals surface area contributed by atoms with Crippen LogP contribution in [0.15, 0.2) is 22.6 Å². The summed E-state index contributed by atoms with van der Waals surface area (Å²) >= 11 is 0. The molecule has 0 amide bonds. The van der Waals surface area contributed by atoms with E-state index in [0.29, 0.717) is 23.5 Å². The van der Waals surface area contributed by atoms with Gasteiger partial charge in [0.05, 0.1) is 19.7 Å². The minimum Gasteiger partial charge on any atom is -0.439 e. The van der Waals surface area contributed by atoms with Crippen molar-refractivity contribution in [3.05, 3.63) is 29.9 Å². The van der Waals surface area contributed by atoms with E-state index < -0.39 is 24.9 Å². The molecule has 0 spiro atoms. The highest BCUT2D eigenvalue weighted by molar-refractivity contribution is 5.72. The van der Waals surface area contributed by atoms with Crippen LogP contribution in [0, 0.1) is 5.82 Å². The quantitative estimate of drug-likeness (QED) is 0.850. The zero-order valence-electron chi connectivity index (χ0n) is 10.6. The number of aromatic nitrogens is 1. The van der Waals surface area contributed by atoms with Crippen molar-refractivity contribution < 1.29 is 22.3 Å². The molecule has 1 fully saturated rings. The van der Waals surface area contributed by atoms with E-state index in [4.69, 9.17) is 9.15 Å². The predicted molar refractivity (Wildman–Crippen MR) is 65.0 cm³/mol. The second-order valence-electron chi connectivity index (χ2n) is 4.84. The van der Waals surface area contributed by atoms with Gasteiger partial charge in [-0.2, -0.15) is 0 Å². The first-order valence-electron chi connectivity index (χ1n) is 6.25. The molecular formula is C13H13F3N2O2. The van der Waals surface area contributed by atoms with Gasteiger partial charge in [0.15, 0.2) is 5.58 Å². The normalized spacial score (nSPS) is 20.1. The molecule has 1 saturated heterocycles. The Balaban J connectivity index is 1.78. The van der Waals surface area contributed by atoms with Crippen molar-refractivity contribution in [1.82, 2.24) is 9.88 Å². The molecule has 0 unspecified atom stereocenters. The standard InChI is InChI=1S/C13H13F3N2O2/c14-9-1-2-10-11(5-9)20-12(17-10)6-18-3-4-19-8-13(15,16)7-18/h1-2,5H,3-4,6-8H2. The first kappa shape index (κ1) is 13.4.